The van der Waals surface area contributed by atoms with Crippen LogP contribution in [0.1, 0.15) is 102 Å². The van der Waals surface area contributed by atoms with E-state index < -0.39 is 0 Å². The zero-order valence-electron chi connectivity index (χ0n) is 19.1. The molecule has 0 aromatic heterocycles. The maximum atomic E-state index is 12.3. The Kier molecular flexibility index (Phi) is 13.0. The Labute approximate surface area is 184 Å². The highest BCUT2D eigenvalue weighted by Crippen LogP contribution is 2.13. The summed E-state index contributed by atoms with van der Waals surface area (Å²) in [4.78, 5) is 16.8. The summed E-state index contributed by atoms with van der Waals surface area (Å²) in [5, 5.41) is 6.31. The highest BCUT2D eigenvalue weighted by atomic mass is 16.2. The molecule has 2 N–H and O–H groups in total. The highest BCUT2D eigenvalue weighted by molar-refractivity contribution is 6.03. The summed E-state index contributed by atoms with van der Waals surface area (Å²) in [6, 6.07) is 9.76. The second-order valence-electron chi connectivity index (χ2n) is 8.64. The molecule has 1 heterocycles. The maximum Gasteiger partial charge on any atom is 0.244 e. The van der Waals surface area contributed by atoms with Crippen molar-refractivity contribution >= 4 is 11.7 Å². The lowest BCUT2D eigenvalue weighted by Gasteiger charge is -2.12. The van der Waals surface area contributed by atoms with Gasteiger partial charge < -0.3 is 10.6 Å². The number of nitrogens with zero attached hydrogens (tertiary/aromatic N) is 1. The lowest BCUT2D eigenvalue weighted by atomic mass is 10.0. The molecule has 0 fully saturated rings. The molecule has 0 saturated heterocycles. The molecular weight excluding hydrogens is 370 g/mol. The SMILES string of the molecule is CCCCCCCCCCCCCCCCNC(=O)[C@@H]1CN=C(c2ccccc2)N1. The van der Waals surface area contributed by atoms with Crippen LogP contribution in [0.4, 0.5) is 0 Å². The Morgan fingerprint density at radius 3 is 1.97 bits per heavy atom. The number of rotatable bonds is 17. The van der Waals surface area contributed by atoms with Crippen LogP contribution in [-0.2, 0) is 4.79 Å². The average Bonchev–Trinajstić information content (AvgIpc) is 3.27. The minimum atomic E-state index is -0.230. The van der Waals surface area contributed by atoms with Gasteiger partial charge in [0.25, 0.3) is 0 Å². The van der Waals surface area contributed by atoms with Gasteiger partial charge in [0, 0.05) is 12.1 Å². The number of benzene rings is 1. The Hall–Kier alpha value is -1.84. The first-order valence-electron chi connectivity index (χ1n) is 12.5. The monoisotopic (exact) mass is 413 g/mol. The lowest BCUT2D eigenvalue weighted by molar-refractivity contribution is -0.122. The van der Waals surface area contributed by atoms with Crippen molar-refractivity contribution in [2.24, 2.45) is 4.99 Å². The molecule has 1 aromatic carbocycles. The fourth-order valence-corrected chi connectivity index (χ4v) is 4.01. The summed E-state index contributed by atoms with van der Waals surface area (Å²) in [5.41, 5.74) is 1.04. The van der Waals surface area contributed by atoms with E-state index >= 15 is 0 Å². The van der Waals surface area contributed by atoms with E-state index in [9.17, 15) is 4.79 Å². The van der Waals surface area contributed by atoms with Gasteiger partial charge in [0.15, 0.2) is 0 Å². The number of nitrogens with one attached hydrogen (secondary N) is 2. The standard InChI is InChI=1S/C26H43N3O/c1-2-3-4-5-6-7-8-9-10-11-12-13-14-18-21-27-26(30)24-22-28-25(29-24)23-19-16-15-17-20-23/h15-17,19-20,24H,2-14,18,21-22H2,1H3,(H,27,30)(H,28,29)/t24-/m0/s1. The van der Waals surface area contributed by atoms with E-state index in [1.54, 1.807) is 0 Å². The third kappa shape index (κ3) is 10.3. The minimum absolute atomic E-state index is 0.0689. The van der Waals surface area contributed by atoms with E-state index in [0.717, 1.165) is 24.4 Å². The summed E-state index contributed by atoms with van der Waals surface area (Å²) in [5.74, 6) is 0.895. The Bertz CT molecular complexity index is 600. The van der Waals surface area contributed by atoms with Gasteiger partial charge in [0.1, 0.15) is 11.9 Å². The largest absolute Gasteiger partial charge is 0.357 e. The fourth-order valence-electron chi connectivity index (χ4n) is 4.01. The van der Waals surface area contributed by atoms with Crippen LogP contribution in [0.3, 0.4) is 0 Å². The zero-order chi connectivity index (χ0) is 21.3. The average molecular weight is 414 g/mol. The number of unbranched alkanes of at least 4 members (excludes halogenated alkanes) is 13. The molecule has 0 aliphatic carbocycles. The summed E-state index contributed by atoms with van der Waals surface area (Å²) >= 11 is 0. The van der Waals surface area contributed by atoms with Gasteiger partial charge in [-0.2, -0.15) is 0 Å². The van der Waals surface area contributed by atoms with Gasteiger partial charge in [-0.1, -0.05) is 121 Å². The smallest absolute Gasteiger partial charge is 0.244 e. The summed E-state index contributed by atoms with van der Waals surface area (Å²) in [6.07, 6.45) is 19.0. The van der Waals surface area contributed by atoms with Crippen LogP contribution in [0.2, 0.25) is 0 Å². The molecule has 168 valence electrons. The third-order valence-corrected chi connectivity index (χ3v) is 5.94. The molecule has 30 heavy (non-hydrogen) atoms. The second-order valence-corrected chi connectivity index (χ2v) is 8.64. The number of aliphatic imine (C=N–C) groups is 1. The van der Waals surface area contributed by atoms with E-state index in [-0.39, 0.29) is 11.9 Å². The number of carbonyl (C=O) groups excluding carboxylic acids is 1. The topological polar surface area (TPSA) is 53.5 Å². The molecule has 4 heteroatoms. The lowest BCUT2D eigenvalue weighted by Crippen LogP contribution is -2.44. The number of amidine groups is 1. The normalized spacial score (nSPS) is 15.6. The molecule has 1 atom stereocenters. The van der Waals surface area contributed by atoms with Gasteiger partial charge in [-0.3, -0.25) is 9.79 Å². The fraction of sp³-hybridized carbons (Fsp3) is 0.692. The van der Waals surface area contributed by atoms with Gasteiger partial charge in [0.2, 0.25) is 5.91 Å². The highest BCUT2D eigenvalue weighted by Gasteiger charge is 2.24. The number of carbonyl (C=O) groups is 1. The number of hydrogen-bond donors (Lipinski definition) is 2. The molecule has 4 nitrogen and oxygen atoms in total. The molecule has 0 radical (unpaired) electrons. The third-order valence-electron chi connectivity index (χ3n) is 5.94. The van der Waals surface area contributed by atoms with Crippen LogP contribution in [0.25, 0.3) is 0 Å². The molecule has 0 saturated carbocycles. The van der Waals surface area contributed by atoms with Crippen molar-refractivity contribution in [3.63, 3.8) is 0 Å². The van der Waals surface area contributed by atoms with Crippen molar-refractivity contribution in [3.05, 3.63) is 35.9 Å². The molecular formula is C26H43N3O. The van der Waals surface area contributed by atoms with Crippen molar-refractivity contribution in [2.45, 2.75) is 103 Å². The van der Waals surface area contributed by atoms with E-state index in [1.165, 1.54) is 83.5 Å². The molecule has 1 aliphatic heterocycles. The van der Waals surface area contributed by atoms with Crippen LogP contribution in [-0.4, -0.2) is 30.9 Å². The van der Waals surface area contributed by atoms with Crippen molar-refractivity contribution < 1.29 is 4.79 Å². The number of amides is 1. The van der Waals surface area contributed by atoms with Crippen LogP contribution in [0.15, 0.2) is 35.3 Å². The number of hydrogen-bond acceptors (Lipinski definition) is 3. The predicted octanol–water partition coefficient (Wildman–Crippen LogP) is 6.00. The summed E-state index contributed by atoms with van der Waals surface area (Å²) in [7, 11) is 0. The molecule has 0 spiro atoms. The molecule has 0 bridgehead atoms. The van der Waals surface area contributed by atoms with Crippen molar-refractivity contribution in [1.29, 1.82) is 0 Å². The molecule has 1 amide bonds. The van der Waals surface area contributed by atoms with E-state index in [4.69, 9.17) is 0 Å². The van der Waals surface area contributed by atoms with Crippen LogP contribution in [0, 0.1) is 0 Å². The van der Waals surface area contributed by atoms with Crippen molar-refractivity contribution in [1.82, 2.24) is 10.6 Å². The van der Waals surface area contributed by atoms with Crippen molar-refractivity contribution in [2.75, 3.05) is 13.1 Å². The van der Waals surface area contributed by atoms with E-state index in [1.807, 2.05) is 30.3 Å². The van der Waals surface area contributed by atoms with Gasteiger partial charge in [-0.05, 0) is 6.42 Å². The van der Waals surface area contributed by atoms with Gasteiger partial charge in [-0.15, -0.1) is 0 Å². The molecule has 2 rings (SSSR count). The van der Waals surface area contributed by atoms with Gasteiger partial charge in [-0.25, -0.2) is 0 Å². The quantitative estimate of drug-likeness (QED) is 0.308. The molecule has 1 aliphatic rings. The first kappa shape index (κ1) is 24.4. The van der Waals surface area contributed by atoms with Gasteiger partial charge >= 0.3 is 0 Å². The van der Waals surface area contributed by atoms with E-state index in [0.29, 0.717) is 6.54 Å². The van der Waals surface area contributed by atoms with Crippen LogP contribution < -0.4 is 10.6 Å². The van der Waals surface area contributed by atoms with Gasteiger partial charge in [0.05, 0.1) is 6.54 Å². The maximum absolute atomic E-state index is 12.3. The zero-order valence-corrected chi connectivity index (χ0v) is 19.1. The van der Waals surface area contributed by atoms with E-state index in [2.05, 4.69) is 22.5 Å². The minimum Gasteiger partial charge on any atom is -0.357 e. The first-order chi connectivity index (χ1) is 14.8. The Morgan fingerprint density at radius 2 is 1.40 bits per heavy atom. The van der Waals surface area contributed by atoms with Crippen LogP contribution >= 0.6 is 0 Å². The first-order valence-corrected chi connectivity index (χ1v) is 12.5. The Balaban J connectivity index is 1.36. The summed E-state index contributed by atoms with van der Waals surface area (Å²) < 4.78 is 0. The molecule has 0 unspecified atom stereocenters. The van der Waals surface area contributed by atoms with Crippen LogP contribution in [0.5, 0.6) is 0 Å². The Morgan fingerprint density at radius 1 is 0.867 bits per heavy atom. The molecule has 1 aromatic rings. The summed E-state index contributed by atoms with van der Waals surface area (Å²) in [6.45, 7) is 3.57. The van der Waals surface area contributed by atoms with Crippen molar-refractivity contribution in [3.8, 4) is 0 Å². The predicted molar refractivity (Wildman–Crippen MR) is 128 cm³/mol. The second kappa shape index (κ2) is 15.9.